The molecule has 0 saturated carbocycles. The van der Waals surface area contributed by atoms with E-state index in [1.807, 2.05) is 17.7 Å². The Labute approximate surface area is 229 Å². The molecular formula is C25H30N6O5S2. The summed E-state index contributed by atoms with van der Waals surface area (Å²) in [6.45, 7) is 4.26. The molecule has 3 aromatic rings. The molecule has 1 aromatic heterocycles. The van der Waals surface area contributed by atoms with Crippen LogP contribution in [0.2, 0.25) is 0 Å². The Kier molecular flexibility index (Phi) is 10.5. The van der Waals surface area contributed by atoms with Gasteiger partial charge >= 0.3 is 0 Å². The lowest BCUT2D eigenvalue weighted by Gasteiger charge is -2.19. The largest absolute Gasteiger partial charge is 0.497 e. The van der Waals surface area contributed by atoms with Crippen LogP contribution in [0.1, 0.15) is 41.1 Å². The van der Waals surface area contributed by atoms with Gasteiger partial charge in [0.2, 0.25) is 5.91 Å². The van der Waals surface area contributed by atoms with Crippen molar-refractivity contribution in [2.75, 3.05) is 30.2 Å². The molecule has 0 aliphatic carbocycles. The zero-order valence-corrected chi connectivity index (χ0v) is 23.2. The van der Waals surface area contributed by atoms with Gasteiger partial charge in [-0.05, 0) is 62.1 Å². The van der Waals surface area contributed by atoms with Crippen LogP contribution < -0.4 is 15.4 Å². The van der Waals surface area contributed by atoms with Gasteiger partial charge in [0.25, 0.3) is 11.6 Å². The van der Waals surface area contributed by atoms with Crippen LogP contribution in [-0.2, 0) is 11.3 Å². The summed E-state index contributed by atoms with van der Waals surface area (Å²) in [4.78, 5) is 36.1. The lowest BCUT2D eigenvalue weighted by atomic mass is 10.1. The number of thioether (sulfide) groups is 2. The second kappa shape index (κ2) is 13.8. The van der Waals surface area contributed by atoms with Crippen LogP contribution in [0.3, 0.4) is 0 Å². The quantitative estimate of drug-likeness (QED) is 0.176. The molecule has 2 amide bonds. The maximum absolute atomic E-state index is 13.0. The van der Waals surface area contributed by atoms with Gasteiger partial charge in [-0.2, -0.15) is 11.8 Å². The Morgan fingerprint density at radius 1 is 1.18 bits per heavy atom. The van der Waals surface area contributed by atoms with Gasteiger partial charge in [-0.15, -0.1) is 10.2 Å². The van der Waals surface area contributed by atoms with Gasteiger partial charge in [0.15, 0.2) is 11.0 Å². The monoisotopic (exact) mass is 558 g/mol. The maximum atomic E-state index is 13.0. The normalized spacial score (nSPS) is 11.6. The summed E-state index contributed by atoms with van der Waals surface area (Å²) < 4.78 is 7.05. The van der Waals surface area contributed by atoms with Crippen molar-refractivity contribution in [1.29, 1.82) is 0 Å². The third-order valence-corrected chi connectivity index (χ3v) is 7.29. The number of nitro benzene ring substituents is 1. The van der Waals surface area contributed by atoms with Gasteiger partial charge in [-0.1, -0.05) is 17.8 Å². The zero-order valence-electron chi connectivity index (χ0n) is 21.6. The SMILES string of the molecule is CCn1c(SCC(=O)Nc2cc([N+](=O)[O-])ccc2C)nnc1[C@H](CCSC)NC(=O)c1ccc(OC)cc1. The molecule has 0 saturated heterocycles. The molecule has 2 N–H and O–H groups in total. The molecule has 2 aromatic carbocycles. The van der Waals surface area contributed by atoms with Crippen molar-refractivity contribution < 1.29 is 19.2 Å². The number of anilines is 1. The molecule has 38 heavy (non-hydrogen) atoms. The molecule has 0 radical (unpaired) electrons. The zero-order chi connectivity index (χ0) is 27.7. The smallest absolute Gasteiger partial charge is 0.271 e. The molecule has 11 nitrogen and oxygen atoms in total. The van der Waals surface area contributed by atoms with Crippen LogP contribution in [-0.4, -0.2) is 56.4 Å². The van der Waals surface area contributed by atoms with Crippen LogP contribution >= 0.6 is 23.5 Å². The number of nitro groups is 1. The number of nitrogens with one attached hydrogen (secondary N) is 2. The van der Waals surface area contributed by atoms with Crippen LogP contribution in [0.4, 0.5) is 11.4 Å². The first kappa shape index (κ1) is 29.0. The van der Waals surface area contributed by atoms with E-state index < -0.39 is 4.92 Å². The average Bonchev–Trinajstić information content (AvgIpc) is 3.33. The Hall–Kier alpha value is -3.58. The Balaban J connectivity index is 1.72. The van der Waals surface area contributed by atoms with E-state index in [-0.39, 0.29) is 29.3 Å². The number of rotatable bonds is 13. The van der Waals surface area contributed by atoms with Gasteiger partial charge in [0.1, 0.15) is 5.75 Å². The van der Waals surface area contributed by atoms with Gasteiger partial charge < -0.3 is 19.9 Å². The van der Waals surface area contributed by atoms with Gasteiger partial charge in [-0.25, -0.2) is 0 Å². The molecule has 0 spiro atoms. The summed E-state index contributed by atoms with van der Waals surface area (Å²) in [7, 11) is 1.57. The molecule has 3 rings (SSSR count). The minimum Gasteiger partial charge on any atom is -0.497 e. The molecule has 0 bridgehead atoms. The molecular weight excluding hydrogens is 528 g/mol. The Morgan fingerprint density at radius 2 is 1.92 bits per heavy atom. The van der Waals surface area contributed by atoms with Crippen LogP contribution in [0.25, 0.3) is 0 Å². The topological polar surface area (TPSA) is 141 Å². The number of hydrogen-bond donors (Lipinski definition) is 2. The van der Waals surface area contributed by atoms with Gasteiger partial charge in [0, 0.05) is 24.2 Å². The first-order chi connectivity index (χ1) is 18.3. The second-order valence-corrected chi connectivity index (χ2v) is 10.1. The van der Waals surface area contributed by atoms with Crippen LogP contribution in [0.15, 0.2) is 47.6 Å². The summed E-state index contributed by atoms with van der Waals surface area (Å²) >= 11 is 2.87. The Morgan fingerprint density at radius 3 is 2.55 bits per heavy atom. The predicted molar refractivity (Wildman–Crippen MR) is 149 cm³/mol. The van der Waals surface area contributed by atoms with E-state index in [0.29, 0.717) is 40.9 Å². The third kappa shape index (κ3) is 7.48. The number of non-ortho nitro benzene ring substituents is 1. The molecule has 0 aliphatic rings. The number of methoxy groups -OCH3 is 1. The molecule has 13 heteroatoms. The van der Waals surface area contributed by atoms with Crippen molar-refractivity contribution in [2.24, 2.45) is 0 Å². The highest BCUT2D eigenvalue weighted by Crippen LogP contribution is 2.26. The Bertz CT molecular complexity index is 1280. The van der Waals surface area contributed by atoms with Crippen molar-refractivity contribution in [1.82, 2.24) is 20.1 Å². The van der Waals surface area contributed by atoms with Crippen LogP contribution in [0, 0.1) is 17.0 Å². The van der Waals surface area contributed by atoms with Crippen molar-refractivity contribution in [3.63, 3.8) is 0 Å². The number of ether oxygens (including phenoxy) is 1. The highest BCUT2D eigenvalue weighted by atomic mass is 32.2. The van der Waals surface area contributed by atoms with Crippen molar-refractivity contribution in [3.05, 3.63) is 69.5 Å². The number of benzene rings is 2. The summed E-state index contributed by atoms with van der Waals surface area (Å²) in [5.41, 5.74) is 1.52. The standard InChI is InChI=1S/C25H30N6O5S2/c1-5-30-23(20(12-13-37-4)27-24(33)17-7-10-19(36-3)11-8-17)28-29-25(30)38-15-22(32)26-21-14-18(31(34)35)9-6-16(21)2/h6-11,14,20H,5,12-13,15H2,1-4H3,(H,26,32)(H,27,33)/t20-/m0/s1. The number of carbonyl (C=O) groups is 2. The average molecular weight is 559 g/mol. The molecule has 0 unspecified atom stereocenters. The van der Waals surface area contributed by atoms with E-state index >= 15 is 0 Å². The van der Waals surface area contributed by atoms with E-state index in [2.05, 4.69) is 20.8 Å². The molecule has 1 heterocycles. The number of aromatic nitrogens is 3. The number of aryl methyl sites for hydroxylation is 1. The van der Waals surface area contributed by atoms with E-state index in [0.717, 1.165) is 11.3 Å². The molecule has 202 valence electrons. The predicted octanol–water partition coefficient (Wildman–Crippen LogP) is 4.48. The summed E-state index contributed by atoms with van der Waals surface area (Å²) in [6, 6.07) is 10.8. The first-order valence-corrected chi connectivity index (χ1v) is 14.2. The van der Waals surface area contributed by atoms with Crippen LogP contribution in [0.5, 0.6) is 5.75 Å². The van der Waals surface area contributed by atoms with Crippen molar-refractivity contribution in [2.45, 2.75) is 38.0 Å². The fourth-order valence-electron chi connectivity index (χ4n) is 3.62. The van der Waals surface area contributed by atoms with E-state index in [1.54, 1.807) is 56.1 Å². The van der Waals surface area contributed by atoms with Gasteiger partial charge in [-0.3, -0.25) is 19.7 Å². The second-order valence-electron chi connectivity index (χ2n) is 8.21. The van der Waals surface area contributed by atoms with Crippen molar-refractivity contribution >= 4 is 46.7 Å². The molecule has 0 aliphatic heterocycles. The number of nitrogens with zero attached hydrogens (tertiary/aromatic N) is 4. The highest BCUT2D eigenvalue weighted by molar-refractivity contribution is 7.99. The minimum absolute atomic E-state index is 0.0357. The summed E-state index contributed by atoms with van der Waals surface area (Å²) in [5, 5.41) is 26.1. The fraction of sp³-hybridized carbons (Fsp3) is 0.360. The van der Waals surface area contributed by atoms with E-state index in [4.69, 9.17) is 4.74 Å². The van der Waals surface area contributed by atoms with Gasteiger partial charge in [0.05, 0.1) is 29.5 Å². The lowest BCUT2D eigenvalue weighted by Crippen LogP contribution is -2.31. The molecule has 0 fully saturated rings. The first-order valence-electron chi connectivity index (χ1n) is 11.8. The van der Waals surface area contributed by atoms with E-state index in [1.165, 1.54) is 23.9 Å². The lowest BCUT2D eigenvalue weighted by molar-refractivity contribution is -0.384. The summed E-state index contributed by atoms with van der Waals surface area (Å²) in [5.74, 6) is 1.56. The third-order valence-electron chi connectivity index (χ3n) is 5.68. The highest BCUT2D eigenvalue weighted by Gasteiger charge is 2.24. The molecule has 1 atom stereocenters. The fourth-order valence-corrected chi connectivity index (χ4v) is 4.90. The number of hydrogen-bond acceptors (Lipinski definition) is 9. The number of amides is 2. The maximum Gasteiger partial charge on any atom is 0.271 e. The summed E-state index contributed by atoms with van der Waals surface area (Å²) in [6.07, 6.45) is 2.65. The number of carbonyl (C=O) groups excluding carboxylic acids is 2. The van der Waals surface area contributed by atoms with Crippen molar-refractivity contribution in [3.8, 4) is 5.75 Å². The van der Waals surface area contributed by atoms with E-state index in [9.17, 15) is 19.7 Å². The minimum atomic E-state index is -0.504.